The first-order valence-corrected chi connectivity index (χ1v) is 3.72. The molecule has 0 saturated carbocycles. The molecule has 1 fully saturated rings. The van der Waals surface area contributed by atoms with Crippen LogP contribution >= 0.6 is 0 Å². The van der Waals surface area contributed by atoms with Gasteiger partial charge in [-0.15, -0.1) is 0 Å². The van der Waals surface area contributed by atoms with Gasteiger partial charge in [0, 0.05) is 18.9 Å². The molecule has 1 atom stereocenters. The van der Waals surface area contributed by atoms with Crippen LogP contribution < -0.4 is 5.32 Å². The van der Waals surface area contributed by atoms with Gasteiger partial charge in [0.25, 0.3) is 0 Å². The fourth-order valence-electron chi connectivity index (χ4n) is 1.18. The van der Waals surface area contributed by atoms with E-state index < -0.39 is 0 Å². The maximum atomic E-state index is 5.40. The SMILES string of the molecule is c1cc([C@@H]2NCCO2)ccn1. The average Bonchev–Trinajstić information content (AvgIpc) is 2.58. The van der Waals surface area contributed by atoms with Crippen molar-refractivity contribution in [2.24, 2.45) is 0 Å². The summed E-state index contributed by atoms with van der Waals surface area (Å²) in [5.41, 5.74) is 1.15. The van der Waals surface area contributed by atoms with Crippen molar-refractivity contribution in [1.82, 2.24) is 10.3 Å². The molecule has 3 heteroatoms. The Morgan fingerprint density at radius 2 is 2.27 bits per heavy atom. The Hall–Kier alpha value is -0.930. The molecule has 0 aromatic carbocycles. The summed E-state index contributed by atoms with van der Waals surface area (Å²) in [5, 5.41) is 3.22. The van der Waals surface area contributed by atoms with Crippen molar-refractivity contribution in [3.8, 4) is 0 Å². The van der Waals surface area contributed by atoms with Gasteiger partial charge >= 0.3 is 0 Å². The third kappa shape index (κ3) is 1.39. The van der Waals surface area contributed by atoms with Crippen LogP contribution in [0.2, 0.25) is 0 Å². The molecule has 2 heterocycles. The smallest absolute Gasteiger partial charge is 0.134 e. The number of aromatic nitrogens is 1. The van der Waals surface area contributed by atoms with E-state index in [1.165, 1.54) is 0 Å². The van der Waals surface area contributed by atoms with Crippen molar-refractivity contribution in [3.63, 3.8) is 0 Å². The molecule has 1 N–H and O–H groups in total. The van der Waals surface area contributed by atoms with Crippen molar-refractivity contribution < 1.29 is 4.74 Å². The lowest BCUT2D eigenvalue weighted by molar-refractivity contribution is 0.102. The number of ether oxygens (including phenoxy) is 1. The highest BCUT2D eigenvalue weighted by molar-refractivity contribution is 5.13. The number of rotatable bonds is 1. The van der Waals surface area contributed by atoms with Gasteiger partial charge in [0.15, 0.2) is 0 Å². The molecular formula is C8H10N2O. The highest BCUT2D eigenvalue weighted by Gasteiger charge is 2.15. The Kier molecular flexibility index (Phi) is 1.83. The Morgan fingerprint density at radius 3 is 2.91 bits per heavy atom. The molecule has 1 aliphatic heterocycles. The average molecular weight is 150 g/mol. The molecule has 0 aliphatic carbocycles. The van der Waals surface area contributed by atoms with Crippen LogP contribution in [0.4, 0.5) is 0 Å². The summed E-state index contributed by atoms with van der Waals surface area (Å²) in [7, 11) is 0. The van der Waals surface area contributed by atoms with Crippen LogP contribution in [0.5, 0.6) is 0 Å². The fraction of sp³-hybridized carbons (Fsp3) is 0.375. The zero-order valence-electron chi connectivity index (χ0n) is 6.16. The largest absolute Gasteiger partial charge is 0.358 e. The summed E-state index contributed by atoms with van der Waals surface area (Å²) in [4.78, 5) is 3.93. The predicted octanol–water partition coefficient (Wildman–Crippen LogP) is 0.700. The van der Waals surface area contributed by atoms with Gasteiger partial charge in [-0.3, -0.25) is 10.3 Å². The lowest BCUT2D eigenvalue weighted by Crippen LogP contribution is -2.13. The molecule has 2 rings (SSSR count). The standard InChI is InChI=1S/C8H10N2O/c1-3-9-4-2-7(1)8-10-5-6-11-8/h1-4,8,10H,5-6H2/t8-/m1/s1. The minimum Gasteiger partial charge on any atom is -0.358 e. The van der Waals surface area contributed by atoms with E-state index in [-0.39, 0.29) is 6.23 Å². The van der Waals surface area contributed by atoms with Gasteiger partial charge < -0.3 is 4.74 Å². The van der Waals surface area contributed by atoms with Crippen molar-refractivity contribution in [3.05, 3.63) is 30.1 Å². The molecule has 11 heavy (non-hydrogen) atoms. The first-order valence-electron chi connectivity index (χ1n) is 3.72. The Labute approximate surface area is 65.4 Å². The van der Waals surface area contributed by atoms with Crippen LogP contribution in [0.3, 0.4) is 0 Å². The third-order valence-corrected chi connectivity index (χ3v) is 1.73. The van der Waals surface area contributed by atoms with Crippen LogP contribution in [0.25, 0.3) is 0 Å². The summed E-state index contributed by atoms with van der Waals surface area (Å²) < 4.78 is 5.40. The van der Waals surface area contributed by atoms with Gasteiger partial charge in [-0.2, -0.15) is 0 Å². The van der Waals surface area contributed by atoms with E-state index in [1.54, 1.807) is 12.4 Å². The summed E-state index contributed by atoms with van der Waals surface area (Å²) >= 11 is 0. The van der Waals surface area contributed by atoms with Crippen molar-refractivity contribution in [1.29, 1.82) is 0 Å². The molecular weight excluding hydrogens is 140 g/mol. The maximum absolute atomic E-state index is 5.40. The zero-order chi connectivity index (χ0) is 7.52. The zero-order valence-corrected chi connectivity index (χ0v) is 6.16. The molecule has 0 radical (unpaired) electrons. The normalized spacial score (nSPS) is 23.8. The molecule has 1 aromatic heterocycles. The molecule has 0 spiro atoms. The van der Waals surface area contributed by atoms with E-state index in [9.17, 15) is 0 Å². The molecule has 1 aliphatic rings. The lowest BCUT2D eigenvalue weighted by Gasteiger charge is -2.08. The second-order valence-electron chi connectivity index (χ2n) is 2.49. The number of nitrogens with zero attached hydrogens (tertiary/aromatic N) is 1. The third-order valence-electron chi connectivity index (χ3n) is 1.73. The minimum atomic E-state index is 0.0815. The highest BCUT2D eigenvalue weighted by Crippen LogP contribution is 2.15. The predicted molar refractivity (Wildman–Crippen MR) is 40.9 cm³/mol. The molecule has 1 saturated heterocycles. The number of pyridine rings is 1. The molecule has 58 valence electrons. The van der Waals surface area contributed by atoms with Gasteiger partial charge in [-0.1, -0.05) is 0 Å². The molecule has 1 aromatic rings. The Balaban J connectivity index is 2.16. The van der Waals surface area contributed by atoms with Gasteiger partial charge in [0.05, 0.1) is 6.61 Å². The van der Waals surface area contributed by atoms with Crippen LogP contribution in [0.15, 0.2) is 24.5 Å². The molecule has 3 nitrogen and oxygen atoms in total. The van der Waals surface area contributed by atoms with Crippen LogP contribution in [-0.2, 0) is 4.74 Å². The first-order chi connectivity index (χ1) is 5.47. The van der Waals surface area contributed by atoms with E-state index in [4.69, 9.17) is 4.74 Å². The second-order valence-corrected chi connectivity index (χ2v) is 2.49. The van der Waals surface area contributed by atoms with Crippen LogP contribution in [-0.4, -0.2) is 18.1 Å². The Morgan fingerprint density at radius 1 is 1.45 bits per heavy atom. The molecule has 0 unspecified atom stereocenters. The number of hydrogen-bond acceptors (Lipinski definition) is 3. The quantitative estimate of drug-likeness (QED) is 0.640. The molecule has 0 amide bonds. The lowest BCUT2D eigenvalue weighted by atomic mass is 10.2. The topological polar surface area (TPSA) is 34.1 Å². The van der Waals surface area contributed by atoms with E-state index >= 15 is 0 Å². The summed E-state index contributed by atoms with van der Waals surface area (Å²) in [6, 6.07) is 3.92. The van der Waals surface area contributed by atoms with Gasteiger partial charge in [-0.25, -0.2) is 0 Å². The maximum Gasteiger partial charge on any atom is 0.134 e. The summed E-state index contributed by atoms with van der Waals surface area (Å²) in [5.74, 6) is 0. The summed E-state index contributed by atoms with van der Waals surface area (Å²) in [6.45, 7) is 1.74. The van der Waals surface area contributed by atoms with E-state index in [0.29, 0.717) is 0 Å². The van der Waals surface area contributed by atoms with E-state index in [2.05, 4.69) is 10.3 Å². The van der Waals surface area contributed by atoms with Crippen molar-refractivity contribution >= 4 is 0 Å². The first kappa shape index (κ1) is 6.76. The van der Waals surface area contributed by atoms with Crippen molar-refractivity contribution in [2.45, 2.75) is 6.23 Å². The monoisotopic (exact) mass is 150 g/mol. The Bertz CT molecular complexity index is 219. The van der Waals surface area contributed by atoms with E-state index in [0.717, 1.165) is 18.7 Å². The van der Waals surface area contributed by atoms with Gasteiger partial charge in [-0.05, 0) is 17.7 Å². The molecule has 0 bridgehead atoms. The van der Waals surface area contributed by atoms with Gasteiger partial charge in [0.1, 0.15) is 6.23 Å². The summed E-state index contributed by atoms with van der Waals surface area (Å²) in [6.07, 6.45) is 3.63. The second kappa shape index (κ2) is 2.98. The van der Waals surface area contributed by atoms with Crippen molar-refractivity contribution in [2.75, 3.05) is 13.2 Å². The minimum absolute atomic E-state index is 0.0815. The fourth-order valence-corrected chi connectivity index (χ4v) is 1.18. The van der Waals surface area contributed by atoms with Gasteiger partial charge in [0.2, 0.25) is 0 Å². The number of hydrogen-bond donors (Lipinski definition) is 1. The van der Waals surface area contributed by atoms with Crippen LogP contribution in [0, 0.1) is 0 Å². The highest BCUT2D eigenvalue weighted by atomic mass is 16.5. The number of nitrogens with one attached hydrogen (secondary N) is 1. The van der Waals surface area contributed by atoms with Crippen LogP contribution in [0.1, 0.15) is 11.8 Å². The van der Waals surface area contributed by atoms with E-state index in [1.807, 2.05) is 12.1 Å².